The number of aromatic nitrogens is 2. The molecule has 0 aliphatic carbocycles. The highest BCUT2D eigenvalue weighted by atomic mass is 32.2. The summed E-state index contributed by atoms with van der Waals surface area (Å²) in [7, 11) is -3.63. The number of benzene rings is 1. The van der Waals surface area contributed by atoms with Gasteiger partial charge in [-0.05, 0) is 36.8 Å². The summed E-state index contributed by atoms with van der Waals surface area (Å²) in [6.45, 7) is 5.32. The Bertz CT molecular complexity index is 942. The average Bonchev–Trinajstić information content (AvgIpc) is 3.15. The number of morpholine rings is 1. The summed E-state index contributed by atoms with van der Waals surface area (Å²) in [5.74, 6) is 1.37. The minimum absolute atomic E-state index is 0.108. The van der Waals surface area contributed by atoms with E-state index in [1.165, 1.54) is 0 Å². The zero-order valence-electron chi connectivity index (χ0n) is 15.1. The number of rotatable bonds is 5. The maximum absolute atomic E-state index is 12.7. The second-order valence-corrected chi connectivity index (χ2v) is 8.36. The van der Waals surface area contributed by atoms with Gasteiger partial charge in [-0.3, -0.25) is 0 Å². The molecule has 8 nitrogen and oxygen atoms in total. The topological polar surface area (TPSA) is 93.7 Å². The van der Waals surface area contributed by atoms with Crippen LogP contribution in [0, 0.1) is 6.92 Å². The van der Waals surface area contributed by atoms with Crippen LogP contribution < -0.4 is 14.4 Å². The molecular weight excluding hydrogens is 368 g/mol. The SMILES string of the molecule is Cc1cc(CNS(=O)(=O)c2ccc3c(c2)CCO3)nc(N2CCOCC2)n1. The maximum Gasteiger partial charge on any atom is 0.240 e. The summed E-state index contributed by atoms with van der Waals surface area (Å²) in [5, 5.41) is 0. The van der Waals surface area contributed by atoms with Crippen LogP contribution in [0.3, 0.4) is 0 Å². The lowest BCUT2D eigenvalue weighted by atomic mass is 10.2. The first-order valence-corrected chi connectivity index (χ1v) is 10.4. The third-order valence-corrected chi connectivity index (χ3v) is 6.00. The second kappa shape index (κ2) is 7.41. The molecule has 2 aliphatic heterocycles. The van der Waals surface area contributed by atoms with Crippen LogP contribution in [0.25, 0.3) is 0 Å². The largest absolute Gasteiger partial charge is 0.493 e. The number of ether oxygens (including phenoxy) is 2. The van der Waals surface area contributed by atoms with Crippen molar-refractivity contribution >= 4 is 16.0 Å². The van der Waals surface area contributed by atoms with Gasteiger partial charge in [-0.1, -0.05) is 0 Å². The summed E-state index contributed by atoms with van der Waals surface area (Å²) in [6.07, 6.45) is 0.729. The van der Waals surface area contributed by atoms with Crippen molar-refractivity contribution in [3.8, 4) is 5.75 Å². The minimum Gasteiger partial charge on any atom is -0.493 e. The highest BCUT2D eigenvalue weighted by Gasteiger charge is 2.20. The van der Waals surface area contributed by atoms with E-state index in [-0.39, 0.29) is 11.4 Å². The van der Waals surface area contributed by atoms with E-state index < -0.39 is 10.0 Å². The van der Waals surface area contributed by atoms with Crippen LogP contribution in [0.1, 0.15) is 17.0 Å². The van der Waals surface area contributed by atoms with Gasteiger partial charge < -0.3 is 14.4 Å². The molecule has 4 rings (SSSR count). The van der Waals surface area contributed by atoms with Crippen LogP contribution in [0.4, 0.5) is 5.95 Å². The molecule has 0 bridgehead atoms. The first-order valence-electron chi connectivity index (χ1n) is 8.94. The third-order valence-electron chi connectivity index (χ3n) is 4.60. The normalized spacial score (nSPS) is 16.9. The molecule has 144 valence electrons. The van der Waals surface area contributed by atoms with Crippen molar-refractivity contribution in [1.82, 2.24) is 14.7 Å². The van der Waals surface area contributed by atoms with Crippen molar-refractivity contribution in [2.75, 3.05) is 37.8 Å². The van der Waals surface area contributed by atoms with E-state index in [4.69, 9.17) is 9.47 Å². The van der Waals surface area contributed by atoms with Gasteiger partial charge in [-0.2, -0.15) is 0 Å². The Kier molecular flexibility index (Phi) is 4.98. The number of aryl methyl sites for hydroxylation is 1. The fraction of sp³-hybridized carbons (Fsp3) is 0.444. The van der Waals surface area contributed by atoms with E-state index in [2.05, 4.69) is 19.6 Å². The first-order chi connectivity index (χ1) is 13.0. The van der Waals surface area contributed by atoms with Crippen molar-refractivity contribution in [3.05, 3.63) is 41.2 Å². The zero-order chi connectivity index (χ0) is 18.9. The second-order valence-electron chi connectivity index (χ2n) is 6.59. The molecule has 1 saturated heterocycles. The fourth-order valence-electron chi connectivity index (χ4n) is 3.19. The lowest BCUT2D eigenvalue weighted by Crippen LogP contribution is -2.37. The van der Waals surface area contributed by atoms with Gasteiger partial charge >= 0.3 is 0 Å². The third kappa shape index (κ3) is 4.05. The van der Waals surface area contributed by atoms with E-state index >= 15 is 0 Å². The van der Waals surface area contributed by atoms with Crippen molar-refractivity contribution in [2.24, 2.45) is 0 Å². The first kappa shape index (κ1) is 18.1. The molecule has 0 amide bonds. The summed E-state index contributed by atoms with van der Waals surface area (Å²) in [6, 6.07) is 6.75. The number of fused-ring (bicyclic) bond motifs is 1. The number of sulfonamides is 1. The van der Waals surface area contributed by atoms with Crippen molar-refractivity contribution in [3.63, 3.8) is 0 Å². The molecule has 9 heteroatoms. The molecule has 2 aromatic rings. The quantitative estimate of drug-likeness (QED) is 0.815. The van der Waals surface area contributed by atoms with E-state index in [9.17, 15) is 8.42 Å². The Morgan fingerprint density at radius 1 is 1.15 bits per heavy atom. The Morgan fingerprint density at radius 2 is 1.96 bits per heavy atom. The lowest BCUT2D eigenvalue weighted by molar-refractivity contribution is 0.122. The van der Waals surface area contributed by atoms with Gasteiger partial charge in [0.05, 0.1) is 37.0 Å². The Balaban J connectivity index is 1.50. The van der Waals surface area contributed by atoms with Gasteiger partial charge in [0, 0.05) is 25.2 Å². The molecule has 1 aromatic carbocycles. The van der Waals surface area contributed by atoms with E-state index in [1.54, 1.807) is 24.3 Å². The van der Waals surface area contributed by atoms with Crippen LogP contribution >= 0.6 is 0 Å². The van der Waals surface area contributed by atoms with Gasteiger partial charge in [-0.25, -0.2) is 23.1 Å². The molecule has 0 spiro atoms. The van der Waals surface area contributed by atoms with Gasteiger partial charge in [0.25, 0.3) is 0 Å². The number of anilines is 1. The fourth-order valence-corrected chi connectivity index (χ4v) is 4.24. The van der Waals surface area contributed by atoms with Crippen molar-refractivity contribution in [1.29, 1.82) is 0 Å². The number of nitrogens with one attached hydrogen (secondary N) is 1. The summed E-state index contributed by atoms with van der Waals surface area (Å²) in [5.41, 5.74) is 2.36. The smallest absolute Gasteiger partial charge is 0.240 e. The van der Waals surface area contributed by atoms with Gasteiger partial charge in [0.1, 0.15) is 5.75 Å². The Morgan fingerprint density at radius 3 is 2.78 bits per heavy atom. The van der Waals surface area contributed by atoms with Crippen LogP contribution in [-0.4, -0.2) is 51.3 Å². The van der Waals surface area contributed by atoms with Crippen LogP contribution in [0.2, 0.25) is 0 Å². The average molecular weight is 390 g/mol. The molecule has 1 fully saturated rings. The van der Waals surface area contributed by atoms with Crippen LogP contribution in [-0.2, 0) is 27.7 Å². The molecule has 3 heterocycles. The van der Waals surface area contributed by atoms with Crippen LogP contribution in [0.5, 0.6) is 5.75 Å². The standard InChI is InChI=1S/C18H22N4O4S/c1-13-10-15(21-18(20-13)22-5-8-25-9-6-22)12-19-27(23,24)16-2-3-17-14(11-16)4-7-26-17/h2-3,10-11,19H,4-9,12H2,1H3. The Hall–Kier alpha value is -2.23. The molecule has 0 radical (unpaired) electrons. The lowest BCUT2D eigenvalue weighted by Gasteiger charge is -2.27. The van der Waals surface area contributed by atoms with Gasteiger partial charge in [0.2, 0.25) is 16.0 Å². The monoisotopic (exact) mass is 390 g/mol. The molecule has 1 aromatic heterocycles. The molecule has 2 aliphatic rings. The minimum atomic E-state index is -3.63. The summed E-state index contributed by atoms with van der Waals surface area (Å²) >= 11 is 0. The molecule has 0 atom stereocenters. The molecule has 0 saturated carbocycles. The number of hydrogen-bond donors (Lipinski definition) is 1. The molecule has 27 heavy (non-hydrogen) atoms. The highest BCUT2D eigenvalue weighted by Crippen LogP contribution is 2.27. The Labute approximate surface area is 158 Å². The molecule has 0 unspecified atom stereocenters. The predicted molar refractivity (Wildman–Crippen MR) is 99.5 cm³/mol. The van der Waals surface area contributed by atoms with E-state index in [1.807, 2.05) is 6.92 Å². The van der Waals surface area contributed by atoms with Gasteiger partial charge in [0.15, 0.2) is 0 Å². The maximum atomic E-state index is 12.7. The molecule has 1 N–H and O–H groups in total. The number of hydrogen-bond acceptors (Lipinski definition) is 7. The highest BCUT2D eigenvalue weighted by molar-refractivity contribution is 7.89. The van der Waals surface area contributed by atoms with E-state index in [0.29, 0.717) is 31.5 Å². The van der Waals surface area contributed by atoms with Crippen LogP contribution in [0.15, 0.2) is 29.2 Å². The van der Waals surface area contributed by atoms with Crippen molar-refractivity contribution < 1.29 is 17.9 Å². The summed E-state index contributed by atoms with van der Waals surface area (Å²) < 4.78 is 38.7. The summed E-state index contributed by atoms with van der Waals surface area (Å²) in [4.78, 5) is 11.3. The van der Waals surface area contributed by atoms with Gasteiger partial charge in [-0.15, -0.1) is 0 Å². The predicted octanol–water partition coefficient (Wildman–Crippen LogP) is 1.04. The molecular formula is C18H22N4O4S. The zero-order valence-corrected chi connectivity index (χ0v) is 16.0. The number of nitrogens with zero attached hydrogens (tertiary/aromatic N) is 3. The van der Waals surface area contributed by atoms with E-state index in [0.717, 1.165) is 36.5 Å². The van der Waals surface area contributed by atoms with Crippen molar-refractivity contribution in [2.45, 2.75) is 24.8 Å².